The molecule has 1 aliphatic rings. The lowest BCUT2D eigenvalue weighted by Gasteiger charge is -2.19. The molecule has 1 aliphatic heterocycles. The SMILES string of the molecule is C[C@H]1CCCN(Cc2ccccc2)CC1. The van der Waals surface area contributed by atoms with Gasteiger partial charge in [-0.3, -0.25) is 4.90 Å². The molecule has 0 amide bonds. The summed E-state index contributed by atoms with van der Waals surface area (Å²) in [7, 11) is 0. The Morgan fingerprint density at radius 1 is 1.13 bits per heavy atom. The summed E-state index contributed by atoms with van der Waals surface area (Å²) in [4.78, 5) is 2.60. The minimum Gasteiger partial charge on any atom is -0.299 e. The highest BCUT2D eigenvalue weighted by atomic mass is 15.1. The molecule has 0 bridgehead atoms. The van der Waals surface area contributed by atoms with E-state index in [1.165, 1.54) is 37.9 Å². The molecule has 2 rings (SSSR count). The van der Waals surface area contributed by atoms with Gasteiger partial charge in [0.2, 0.25) is 0 Å². The molecule has 0 N–H and O–H groups in total. The third-order valence-electron chi connectivity index (χ3n) is 3.36. The Morgan fingerprint density at radius 2 is 1.93 bits per heavy atom. The number of benzene rings is 1. The lowest BCUT2D eigenvalue weighted by Crippen LogP contribution is -2.24. The lowest BCUT2D eigenvalue weighted by atomic mass is 10.0. The van der Waals surface area contributed by atoms with Crippen molar-refractivity contribution in [3.63, 3.8) is 0 Å². The maximum Gasteiger partial charge on any atom is 0.0233 e. The van der Waals surface area contributed by atoms with Gasteiger partial charge in [0.15, 0.2) is 0 Å². The maximum atomic E-state index is 2.60. The van der Waals surface area contributed by atoms with Crippen LogP contribution in [0.5, 0.6) is 0 Å². The minimum atomic E-state index is 0.922. The molecule has 1 fully saturated rings. The van der Waals surface area contributed by atoms with Crippen molar-refractivity contribution in [3.05, 3.63) is 35.9 Å². The number of rotatable bonds is 2. The van der Waals surface area contributed by atoms with Crippen molar-refractivity contribution in [2.24, 2.45) is 5.92 Å². The molecule has 1 aromatic carbocycles. The van der Waals surface area contributed by atoms with E-state index in [9.17, 15) is 0 Å². The van der Waals surface area contributed by atoms with Crippen LogP contribution in [0.1, 0.15) is 31.7 Å². The van der Waals surface area contributed by atoms with E-state index in [1.54, 1.807) is 0 Å². The summed E-state index contributed by atoms with van der Waals surface area (Å²) in [6.07, 6.45) is 4.14. The van der Waals surface area contributed by atoms with Gasteiger partial charge in [0.25, 0.3) is 0 Å². The molecule has 0 radical (unpaired) electrons. The normalized spacial score (nSPS) is 23.7. The number of hydrogen-bond acceptors (Lipinski definition) is 1. The second kappa shape index (κ2) is 5.32. The molecule has 15 heavy (non-hydrogen) atoms. The second-order valence-electron chi connectivity index (χ2n) is 4.80. The molecular weight excluding hydrogens is 182 g/mol. The fourth-order valence-corrected chi connectivity index (χ4v) is 2.32. The van der Waals surface area contributed by atoms with E-state index in [4.69, 9.17) is 0 Å². The molecule has 0 aliphatic carbocycles. The molecule has 82 valence electrons. The maximum absolute atomic E-state index is 2.60. The number of likely N-dealkylation sites (tertiary alicyclic amines) is 1. The average Bonchev–Trinajstić information content (AvgIpc) is 2.46. The predicted molar refractivity (Wildman–Crippen MR) is 64.7 cm³/mol. The third kappa shape index (κ3) is 3.35. The Bertz CT molecular complexity index is 281. The van der Waals surface area contributed by atoms with Crippen molar-refractivity contribution < 1.29 is 0 Å². The predicted octanol–water partition coefficient (Wildman–Crippen LogP) is 3.31. The largest absolute Gasteiger partial charge is 0.299 e. The Morgan fingerprint density at radius 3 is 2.73 bits per heavy atom. The van der Waals surface area contributed by atoms with E-state index in [-0.39, 0.29) is 0 Å². The van der Waals surface area contributed by atoms with Crippen LogP contribution < -0.4 is 0 Å². The van der Waals surface area contributed by atoms with Crippen molar-refractivity contribution in [3.8, 4) is 0 Å². The molecule has 1 heterocycles. The van der Waals surface area contributed by atoms with Gasteiger partial charge in [-0.05, 0) is 43.8 Å². The van der Waals surface area contributed by atoms with E-state index in [2.05, 4.69) is 42.2 Å². The molecule has 1 heteroatoms. The first-order chi connectivity index (χ1) is 7.34. The van der Waals surface area contributed by atoms with Gasteiger partial charge in [-0.1, -0.05) is 37.3 Å². The first-order valence-corrected chi connectivity index (χ1v) is 6.11. The Balaban J connectivity index is 1.89. The van der Waals surface area contributed by atoms with E-state index < -0.39 is 0 Å². The molecule has 1 aromatic rings. The molecule has 0 aromatic heterocycles. The van der Waals surface area contributed by atoms with Crippen LogP contribution in [0, 0.1) is 5.92 Å². The molecule has 1 saturated heterocycles. The third-order valence-corrected chi connectivity index (χ3v) is 3.36. The van der Waals surface area contributed by atoms with Crippen molar-refractivity contribution in [1.29, 1.82) is 0 Å². The van der Waals surface area contributed by atoms with Crippen LogP contribution in [0.4, 0.5) is 0 Å². The van der Waals surface area contributed by atoms with E-state index in [0.29, 0.717) is 0 Å². The fourth-order valence-electron chi connectivity index (χ4n) is 2.32. The molecular formula is C14H21N. The Labute approximate surface area is 93.1 Å². The highest BCUT2D eigenvalue weighted by Crippen LogP contribution is 2.17. The summed E-state index contributed by atoms with van der Waals surface area (Å²) < 4.78 is 0. The number of hydrogen-bond donors (Lipinski definition) is 0. The van der Waals surface area contributed by atoms with Crippen LogP contribution in [0.25, 0.3) is 0 Å². The molecule has 1 nitrogen and oxygen atoms in total. The van der Waals surface area contributed by atoms with E-state index in [1.807, 2.05) is 0 Å². The monoisotopic (exact) mass is 203 g/mol. The van der Waals surface area contributed by atoms with Crippen LogP contribution >= 0.6 is 0 Å². The molecule has 0 unspecified atom stereocenters. The van der Waals surface area contributed by atoms with Gasteiger partial charge < -0.3 is 0 Å². The van der Waals surface area contributed by atoms with E-state index in [0.717, 1.165) is 12.5 Å². The van der Waals surface area contributed by atoms with Crippen LogP contribution in [0.3, 0.4) is 0 Å². The Kier molecular flexibility index (Phi) is 3.79. The number of nitrogens with zero attached hydrogens (tertiary/aromatic N) is 1. The summed E-state index contributed by atoms with van der Waals surface area (Å²) in [5.41, 5.74) is 1.45. The van der Waals surface area contributed by atoms with Crippen LogP contribution in [0.2, 0.25) is 0 Å². The van der Waals surface area contributed by atoms with E-state index >= 15 is 0 Å². The highest BCUT2D eigenvalue weighted by Gasteiger charge is 2.13. The molecule has 0 saturated carbocycles. The van der Waals surface area contributed by atoms with Gasteiger partial charge in [0, 0.05) is 6.54 Å². The van der Waals surface area contributed by atoms with Crippen LogP contribution in [0.15, 0.2) is 30.3 Å². The van der Waals surface area contributed by atoms with Crippen LogP contribution in [-0.2, 0) is 6.54 Å². The lowest BCUT2D eigenvalue weighted by molar-refractivity contribution is 0.273. The standard InChI is InChI=1S/C14H21N/c1-13-6-5-10-15(11-9-13)12-14-7-3-2-4-8-14/h2-4,7-8,13H,5-6,9-12H2,1H3/t13-/m0/s1. The summed E-state index contributed by atoms with van der Waals surface area (Å²) in [5, 5.41) is 0. The van der Waals surface area contributed by atoms with Crippen molar-refractivity contribution >= 4 is 0 Å². The first-order valence-electron chi connectivity index (χ1n) is 6.11. The van der Waals surface area contributed by atoms with Gasteiger partial charge in [-0.2, -0.15) is 0 Å². The zero-order chi connectivity index (χ0) is 10.5. The van der Waals surface area contributed by atoms with Gasteiger partial charge >= 0.3 is 0 Å². The van der Waals surface area contributed by atoms with Gasteiger partial charge in [-0.25, -0.2) is 0 Å². The summed E-state index contributed by atoms with van der Waals surface area (Å²) in [5.74, 6) is 0.922. The minimum absolute atomic E-state index is 0.922. The van der Waals surface area contributed by atoms with Gasteiger partial charge in [-0.15, -0.1) is 0 Å². The zero-order valence-electron chi connectivity index (χ0n) is 9.65. The summed E-state index contributed by atoms with van der Waals surface area (Å²) in [6, 6.07) is 10.8. The quantitative estimate of drug-likeness (QED) is 0.713. The van der Waals surface area contributed by atoms with Crippen LogP contribution in [-0.4, -0.2) is 18.0 Å². The van der Waals surface area contributed by atoms with Crippen molar-refractivity contribution in [1.82, 2.24) is 4.90 Å². The smallest absolute Gasteiger partial charge is 0.0233 e. The van der Waals surface area contributed by atoms with Gasteiger partial charge in [0.1, 0.15) is 0 Å². The topological polar surface area (TPSA) is 3.24 Å². The highest BCUT2D eigenvalue weighted by molar-refractivity contribution is 5.14. The molecule has 1 atom stereocenters. The first kappa shape index (κ1) is 10.7. The second-order valence-corrected chi connectivity index (χ2v) is 4.80. The summed E-state index contributed by atoms with van der Waals surface area (Å²) >= 11 is 0. The van der Waals surface area contributed by atoms with Gasteiger partial charge in [0.05, 0.1) is 0 Å². The summed E-state index contributed by atoms with van der Waals surface area (Å²) in [6.45, 7) is 6.06. The zero-order valence-corrected chi connectivity index (χ0v) is 9.65. The fraction of sp³-hybridized carbons (Fsp3) is 0.571. The molecule has 0 spiro atoms. The van der Waals surface area contributed by atoms with Crippen molar-refractivity contribution in [2.45, 2.75) is 32.7 Å². The Hall–Kier alpha value is -0.820. The van der Waals surface area contributed by atoms with Crippen molar-refractivity contribution in [2.75, 3.05) is 13.1 Å². The average molecular weight is 203 g/mol.